The van der Waals surface area contributed by atoms with Crippen LogP contribution in [0.2, 0.25) is 5.02 Å². The second-order valence-electron chi connectivity index (χ2n) is 2.15. The fourth-order valence-electron chi connectivity index (χ4n) is 0.716. The Hall–Kier alpha value is -0.610. The van der Waals surface area contributed by atoms with Crippen LogP contribution >= 0.6 is 27.5 Å². The normalized spacial score (nSPS) is 9.83. The highest BCUT2D eigenvalue weighted by Crippen LogP contribution is 2.18. The minimum Gasteiger partial charge on any atom is -0.481 e. The van der Waals surface area contributed by atoms with Crippen LogP contribution < -0.4 is 0 Å². The lowest BCUT2D eigenvalue weighted by atomic mass is 10.3. The Bertz CT molecular complexity index is 316. The van der Waals surface area contributed by atoms with Gasteiger partial charge in [0.15, 0.2) is 0 Å². The van der Waals surface area contributed by atoms with Crippen molar-refractivity contribution in [2.75, 3.05) is 0 Å². The zero-order chi connectivity index (χ0) is 9.14. The molecule has 0 bridgehead atoms. The summed E-state index contributed by atoms with van der Waals surface area (Å²) < 4.78 is 0.738. The summed E-state index contributed by atoms with van der Waals surface area (Å²) in [5.74, 6) is -0.938. The summed E-state index contributed by atoms with van der Waals surface area (Å²) >= 11 is 8.89. The Labute approximate surface area is 82.5 Å². The SMILES string of the molecule is O=C(O)Cc1ncc(Br)cc1Cl. The number of hydrogen-bond donors (Lipinski definition) is 1. The van der Waals surface area contributed by atoms with E-state index in [-0.39, 0.29) is 6.42 Å². The molecule has 0 amide bonds. The standard InChI is InChI=1S/C7H5BrClNO2/c8-4-1-5(9)6(10-3-4)2-7(11)12/h1,3H,2H2,(H,11,12). The van der Waals surface area contributed by atoms with E-state index in [4.69, 9.17) is 16.7 Å². The number of aliphatic carboxylic acids is 1. The number of carboxylic acids is 1. The lowest BCUT2D eigenvalue weighted by Crippen LogP contribution is -2.02. The van der Waals surface area contributed by atoms with Crippen molar-refractivity contribution >= 4 is 33.5 Å². The number of carbonyl (C=O) groups is 1. The molecular weight excluding hydrogens is 245 g/mol. The van der Waals surface area contributed by atoms with E-state index in [2.05, 4.69) is 20.9 Å². The van der Waals surface area contributed by atoms with Gasteiger partial charge < -0.3 is 5.11 Å². The van der Waals surface area contributed by atoms with Crippen LogP contribution in [-0.4, -0.2) is 16.1 Å². The predicted octanol–water partition coefficient (Wildman–Crippen LogP) is 2.12. The van der Waals surface area contributed by atoms with Crippen molar-refractivity contribution in [3.63, 3.8) is 0 Å². The molecule has 1 aromatic heterocycles. The van der Waals surface area contributed by atoms with Gasteiger partial charge in [0.2, 0.25) is 0 Å². The highest BCUT2D eigenvalue weighted by molar-refractivity contribution is 9.10. The van der Waals surface area contributed by atoms with Gasteiger partial charge in [-0.2, -0.15) is 0 Å². The number of carboxylic acid groups (broad SMARTS) is 1. The van der Waals surface area contributed by atoms with Crippen molar-refractivity contribution in [3.05, 3.63) is 27.5 Å². The molecule has 1 heterocycles. The van der Waals surface area contributed by atoms with Crippen molar-refractivity contribution in [1.29, 1.82) is 0 Å². The van der Waals surface area contributed by atoms with Gasteiger partial charge in [-0.1, -0.05) is 11.6 Å². The molecule has 0 saturated heterocycles. The first-order chi connectivity index (χ1) is 5.59. The van der Waals surface area contributed by atoms with Crippen molar-refractivity contribution in [3.8, 4) is 0 Å². The van der Waals surface area contributed by atoms with E-state index in [0.717, 1.165) is 4.47 Å². The summed E-state index contributed by atoms with van der Waals surface area (Å²) in [4.78, 5) is 14.2. The van der Waals surface area contributed by atoms with Crippen LogP contribution in [0.25, 0.3) is 0 Å². The van der Waals surface area contributed by atoms with E-state index in [1.54, 1.807) is 6.07 Å². The summed E-state index contributed by atoms with van der Waals surface area (Å²) in [6.45, 7) is 0. The Kier molecular flexibility index (Phi) is 3.05. The van der Waals surface area contributed by atoms with Gasteiger partial charge in [-0.3, -0.25) is 9.78 Å². The Balaban J connectivity index is 2.93. The molecule has 1 rings (SSSR count). The molecule has 0 aliphatic rings. The molecule has 5 heteroatoms. The molecule has 0 radical (unpaired) electrons. The maximum Gasteiger partial charge on any atom is 0.309 e. The molecule has 1 N–H and O–H groups in total. The monoisotopic (exact) mass is 249 g/mol. The largest absolute Gasteiger partial charge is 0.481 e. The third-order valence-corrected chi connectivity index (χ3v) is 1.96. The quantitative estimate of drug-likeness (QED) is 0.875. The van der Waals surface area contributed by atoms with E-state index in [9.17, 15) is 4.79 Å². The first kappa shape index (κ1) is 9.48. The fourth-order valence-corrected chi connectivity index (χ4v) is 1.41. The summed E-state index contributed by atoms with van der Waals surface area (Å²) in [6, 6.07) is 1.62. The van der Waals surface area contributed by atoms with Crippen LogP contribution in [0.1, 0.15) is 5.69 Å². The molecule has 12 heavy (non-hydrogen) atoms. The van der Waals surface area contributed by atoms with E-state index in [1.165, 1.54) is 6.20 Å². The van der Waals surface area contributed by atoms with Gasteiger partial charge >= 0.3 is 5.97 Å². The molecule has 64 valence electrons. The maximum absolute atomic E-state index is 10.3. The number of pyridine rings is 1. The summed E-state index contributed by atoms with van der Waals surface area (Å²) in [5.41, 5.74) is 0.382. The van der Waals surface area contributed by atoms with Gasteiger partial charge in [0, 0.05) is 10.7 Å². The Morgan fingerprint density at radius 2 is 2.42 bits per heavy atom. The van der Waals surface area contributed by atoms with Crippen LogP contribution in [0, 0.1) is 0 Å². The van der Waals surface area contributed by atoms with Crippen molar-refractivity contribution in [2.24, 2.45) is 0 Å². The lowest BCUT2D eigenvalue weighted by molar-refractivity contribution is -0.136. The van der Waals surface area contributed by atoms with E-state index >= 15 is 0 Å². The highest BCUT2D eigenvalue weighted by Gasteiger charge is 2.06. The molecule has 3 nitrogen and oxygen atoms in total. The van der Waals surface area contributed by atoms with Gasteiger partial charge in [0.25, 0.3) is 0 Å². The smallest absolute Gasteiger partial charge is 0.309 e. The van der Waals surface area contributed by atoms with Crippen LogP contribution in [0.4, 0.5) is 0 Å². The number of rotatable bonds is 2. The minimum atomic E-state index is -0.938. The average Bonchev–Trinajstić information content (AvgIpc) is 1.94. The van der Waals surface area contributed by atoms with Crippen LogP contribution in [-0.2, 0) is 11.2 Å². The van der Waals surface area contributed by atoms with Crippen molar-refractivity contribution in [2.45, 2.75) is 6.42 Å². The lowest BCUT2D eigenvalue weighted by Gasteiger charge is -1.99. The summed E-state index contributed by atoms with van der Waals surface area (Å²) in [6.07, 6.45) is 1.37. The molecule has 0 saturated carbocycles. The maximum atomic E-state index is 10.3. The Morgan fingerprint density at radius 3 is 2.92 bits per heavy atom. The van der Waals surface area contributed by atoms with Gasteiger partial charge in [-0.25, -0.2) is 0 Å². The molecule has 1 aromatic rings. The van der Waals surface area contributed by atoms with Crippen LogP contribution in [0.15, 0.2) is 16.7 Å². The fraction of sp³-hybridized carbons (Fsp3) is 0.143. The molecule has 0 aliphatic carbocycles. The van der Waals surface area contributed by atoms with Gasteiger partial charge in [0.05, 0.1) is 17.1 Å². The molecular formula is C7H5BrClNO2. The predicted molar refractivity (Wildman–Crippen MR) is 48.3 cm³/mol. The van der Waals surface area contributed by atoms with Crippen LogP contribution in [0.3, 0.4) is 0 Å². The molecule has 0 unspecified atom stereocenters. The summed E-state index contributed by atoms with van der Waals surface area (Å²) in [5, 5.41) is 8.82. The molecule has 0 atom stereocenters. The molecule has 0 spiro atoms. The van der Waals surface area contributed by atoms with Gasteiger partial charge in [-0.05, 0) is 22.0 Å². The second kappa shape index (κ2) is 3.87. The average molecular weight is 250 g/mol. The number of hydrogen-bond acceptors (Lipinski definition) is 2. The minimum absolute atomic E-state index is 0.147. The van der Waals surface area contributed by atoms with E-state index in [1.807, 2.05) is 0 Å². The topological polar surface area (TPSA) is 50.2 Å². The molecule has 0 aromatic carbocycles. The van der Waals surface area contributed by atoms with E-state index < -0.39 is 5.97 Å². The Morgan fingerprint density at radius 1 is 1.75 bits per heavy atom. The first-order valence-corrected chi connectivity index (χ1v) is 4.28. The summed E-state index contributed by atoms with van der Waals surface area (Å²) in [7, 11) is 0. The van der Waals surface area contributed by atoms with Crippen molar-refractivity contribution in [1.82, 2.24) is 4.98 Å². The zero-order valence-corrected chi connectivity index (χ0v) is 8.26. The van der Waals surface area contributed by atoms with Gasteiger partial charge in [0.1, 0.15) is 0 Å². The highest BCUT2D eigenvalue weighted by atomic mass is 79.9. The van der Waals surface area contributed by atoms with Crippen LogP contribution in [0.5, 0.6) is 0 Å². The third-order valence-electron chi connectivity index (χ3n) is 1.20. The van der Waals surface area contributed by atoms with E-state index in [0.29, 0.717) is 10.7 Å². The molecule has 0 fully saturated rings. The third kappa shape index (κ3) is 2.46. The van der Waals surface area contributed by atoms with Gasteiger partial charge in [-0.15, -0.1) is 0 Å². The zero-order valence-electron chi connectivity index (χ0n) is 5.92. The number of nitrogens with zero attached hydrogens (tertiary/aromatic N) is 1. The first-order valence-electron chi connectivity index (χ1n) is 3.11. The second-order valence-corrected chi connectivity index (χ2v) is 3.48. The number of aromatic nitrogens is 1. The number of halogens is 2. The molecule has 0 aliphatic heterocycles. The van der Waals surface area contributed by atoms with Crippen molar-refractivity contribution < 1.29 is 9.90 Å².